The SMILES string of the molecule is Cc1ccc2c(c1)CCCN2CC(=O)N[C@@H]1CCS(=O)(=O)C1. The first-order chi connectivity index (χ1) is 10.4. The van der Waals surface area contributed by atoms with Crippen molar-refractivity contribution in [1.29, 1.82) is 0 Å². The van der Waals surface area contributed by atoms with Crippen LogP contribution in [0.5, 0.6) is 0 Å². The monoisotopic (exact) mass is 322 g/mol. The Morgan fingerprint density at radius 2 is 2.23 bits per heavy atom. The third-order valence-electron chi connectivity index (χ3n) is 4.38. The molecule has 120 valence electrons. The zero-order chi connectivity index (χ0) is 15.7. The largest absolute Gasteiger partial charge is 0.362 e. The van der Waals surface area contributed by atoms with E-state index in [1.165, 1.54) is 11.1 Å². The van der Waals surface area contributed by atoms with Gasteiger partial charge in [0.05, 0.1) is 18.1 Å². The average Bonchev–Trinajstić information content (AvgIpc) is 2.77. The van der Waals surface area contributed by atoms with E-state index >= 15 is 0 Å². The maximum atomic E-state index is 12.2. The lowest BCUT2D eigenvalue weighted by molar-refractivity contribution is -0.120. The number of nitrogens with zero attached hydrogens (tertiary/aromatic N) is 1. The van der Waals surface area contributed by atoms with Gasteiger partial charge in [0.15, 0.2) is 9.84 Å². The Bertz CT molecular complexity index is 685. The Morgan fingerprint density at radius 3 is 2.95 bits per heavy atom. The van der Waals surface area contributed by atoms with Gasteiger partial charge in [-0.1, -0.05) is 17.7 Å². The Kier molecular flexibility index (Phi) is 4.12. The molecule has 1 fully saturated rings. The number of carbonyl (C=O) groups is 1. The molecular weight excluding hydrogens is 300 g/mol. The number of benzene rings is 1. The average molecular weight is 322 g/mol. The summed E-state index contributed by atoms with van der Waals surface area (Å²) in [6.07, 6.45) is 2.63. The lowest BCUT2D eigenvalue weighted by Crippen LogP contribution is -2.44. The number of amides is 1. The van der Waals surface area contributed by atoms with E-state index in [2.05, 4.69) is 35.3 Å². The summed E-state index contributed by atoms with van der Waals surface area (Å²) in [6.45, 7) is 3.24. The number of fused-ring (bicyclic) bond motifs is 1. The van der Waals surface area contributed by atoms with Crippen molar-refractivity contribution < 1.29 is 13.2 Å². The fourth-order valence-electron chi connectivity index (χ4n) is 3.32. The molecule has 0 saturated carbocycles. The smallest absolute Gasteiger partial charge is 0.239 e. The maximum absolute atomic E-state index is 12.2. The molecule has 1 saturated heterocycles. The van der Waals surface area contributed by atoms with Crippen molar-refractivity contribution in [1.82, 2.24) is 5.32 Å². The molecule has 1 amide bonds. The minimum Gasteiger partial charge on any atom is -0.362 e. The molecule has 3 rings (SSSR count). The second-order valence-corrected chi connectivity index (χ2v) is 8.55. The maximum Gasteiger partial charge on any atom is 0.239 e. The van der Waals surface area contributed by atoms with Crippen molar-refractivity contribution in [3.8, 4) is 0 Å². The fourth-order valence-corrected chi connectivity index (χ4v) is 5.00. The molecule has 0 aromatic heterocycles. The minimum atomic E-state index is -2.96. The standard InChI is InChI=1S/C16H22N2O3S/c1-12-4-5-15-13(9-12)3-2-7-18(15)10-16(19)17-14-6-8-22(20,21)11-14/h4-5,9,14H,2-3,6-8,10-11H2,1H3,(H,17,19)/t14-/m1/s1. The lowest BCUT2D eigenvalue weighted by atomic mass is 9.99. The molecule has 1 N–H and O–H groups in total. The van der Waals surface area contributed by atoms with Gasteiger partial charge in [0.25, 0.3) is 0 Å². The third-order valence-corrected chi connectivity index (χ3v) is 6.15. The number of sulfone groups is 1. The van der Waals surface area contributed by atoms with E-state index in [0.717, 1.165) is 25.1 Å². The van der Waals surface area contributed by atoms with Gasteiger partial charge < -0.3 is 10.2 Å². The quantitative estimate of drug-likeness (QED) is 0.903. The molecule has 0 unspecified atom stereocenters. The van der Waals surface area contributed by atoms with Crippen molar-refractivity contribution in [2.24, 2.45) is 0 Å². The van der Waals surface area contributed by atoms with Crippen molar-refractivity contribution in [2.45, 2.75) is 32.2 Å². The molecule has 2 heterocycles. The predicted octanol–water partition coefficient (Wildman–Crippen LogP) is 1.05. The van der Waals surface area contributed by atoms with E-state index in [-0.39, 0.29) is 23.5 Å². The van der Waals surface area contributed by atoms with Crippen LogP contribution in [-0.4, -0.2) is 45.0 Å². The first-order valence-corrected chi connectivity index (χ1v) is 9.59. The van der Waals surface area contributed by atoms with Crippen LogP contribution in [0.15, 0.2) is 18.2 Å². The number of carbonyl (C=O) groups excluding carboxylic acids is 1. The van der Waals surface area contributed by atoms with Gasteiger partial charge in [-0.3, -0.25) is 4.79 Å². The van der Waals surface area contributed by atoms with Crippen molar-refractivity contribution in [2.75, 3.05) is 29.5 Å². The number of rotatable bonds is 3. The molecule has 0 radical (unpaired) electrons. The topological polar surface area (TPSA) is 66.5 Å². The van der Waals surface area contributed by atoms with Gasteiger partial charge >= 0.3 is 0 Å². The molecule has 0 bridgehead atoms. The van der Waals surface area contributed by atoms with Crippen LogP contribution in [-0.2, 0) is 21.1 Å². The summed E-state index contributed by atoms with van der Waals surface area (Å²) in [4.78, 5) is 14.3. The van der Waals surface area contributed by atoms with E-state index in [9.17, 15) is 13.2 Å². The molecule has 2 aliphatic rings. The summed E-state index contributed by atoms with van der Waals surface area (Å²) in [6, 6.07) is 6.11. The summed E-state index contributed by atoms with van der Waals surface area (Å²) in [5, 5.41) is 2.86. The molecule has 2 aliphatic heterocycles. The first kappa shape index (κ1) is 15.3. The van der Waals surface area contributed by atoms with Gasteiger partial charge in [-0.15, -0.1) is 0 Å². The van der Waals surface area contributed by atoms with Gasteiger partial charge in [0.1, 0.15) is 0 Å². The second-order valence-electron chi connectivity index (χ2n) is 6.32. The Morgan fingerprint density at radius 1 is 1.41 bits per heavy atom. The van der Waals surface area contributed by atoms with E-state index in [4.69, 9.17) is 0 Å². The van der Waals surface area contributed by atoms with Gasteiger partial charge in [-0.2, -0.15) is 0 Å². The first-order valence-electron chi connectivity index (χ1n) is 7.77. The highest BCUT2D eigenvalue weighted by Crippen LogP contribution is 2.27. The van der Waals surface area contributed by atoms with E-state index in [1.54, 1.807) is 0 Å². The Balaban J connectivity index is 1.63. The van der Waals surface area contributed by atoms with Crippen molar-refractivity contribution >= 4 is 21.4 Å². The molecule has 22 heavy (non-hydrogen) atoms. The minimum absolute atomic E-state index is 0.0779. The zero-order valence-electron chi connectivity index (χ0n) is 12.8. The molecule has 0 aliphatic carbocycles. The highest BCUT2D eigenvalue weighted by atomic mass is 32.2. The number of aryl methyl sites for hydroxylation is 2. The Hall–Kier alpha value is -1.56. The number of hydrogen-bond acceptors (Lipinski definition) is 4. The van der Waals surface area contributed by atoms with E-state index < -0.39 is 9.84 Å². The van der Waals surface area contributed by atoms with Gasteiger partial charge in [0, 0.05) is 18.3 Å². The molecule has 5 nitrogen and oxygen atoms in total. The van der Waals surface area contributed by atoms with Crippen molar-refractivity contribution in [3.63, 3.8) is 0 Å². The number of hydrogen-bond donors (Lipinski definition) is 1. The fraction of sp³-hybridized carbons (Fsp3) is 0.562. The van der Waals surface area contributed by atoms with Gasteiger partial charge in [-0.05, 0) is 37.8 Å². The molecule has 1 atom stereocenters. The van der Waals surface area contributed by atoms with Gasteiger partial charge in [0.2, 0.25) is 5.91 Å². The summed E-state index contributed by atoms with van der Waals surface area (Å²) in [5.74, 6) is 0.175. The molecule has 6 heteroatoms. The normalized spacial score (nSPS) is 23.1. The highest BCUT2D eigenvalue weighted by molar-refractivity contribution is 7.91. The van der Waals surface area contributed by atoms with Crippen molar-refractivity contribution in [3.05, 3.63) is 29.3 Å². The van der Waals surface area contributed by atoms with Crippen LogP contribution in [0.2, 0.25) is 0 Å². The van der Waals surface area contributed by atoms with E-state index in [0.29, 0.717) is 13.0 Å². The van der Waals surface area contributed by atoms with E-state index in [1.807, 2.05) is 0 Å². The predicted molar refractivity (Wildman–Crippen MR) is 86.9 cm³/mol. The van der Waals surface area contributed by atoms with Crippen LogP contribution in [0.25, 0.3) is 0 Å². The molecule has 1 aromatic carbocycles. The van der Waals surface area contributed by atoms with Crippen LogP contribution in [0.3, 0.4) is 0 Å². The van der Waals surface area contributed by atoms with Crippen LogP contribution >= 0.6 is 0 Å². The number of nitrogens with one attached hydrogen (secondary N) is 1. The molecule has 0 spiro atoms. The van der Waals surface area contributed by atoms with Crippen LogP contribution in [0.1, 0.15) is 24.0 Å². The van der Waals surface area contributed by atoms with Crippen LogP contribution in [0, 0.1) is 6.92 Å². The summed E-state index contributed by atoms with van der Waals surface area (Å²) in [7, 11) is -2.96. The lowest BCUT2D eigenvalue weighted by Gasteiger charge is -2.31. The van der Waals surface area contributed by atoms with Crippen LogP contribution in [0.4, 0.5) is 5.69 Å². The molecular formula is C16H22N2O3S. The Labute approximate surface area is 131 Å². The van der Waals surface area contributed by atoms with Gasteiger partial charge in [-0.25, -0.2) is 8.42 Å². The molecule has 1 aromatic rings. The van der Waals surface area contributed by atoms with Crippen LogP contribution < -0.4 is 10.2 Å². The number of anilines is 1. The summed E-state index contributed by atoms with van der Waals surface area (Å²) >= 11 is 0. The second kappa shape index (κ2) is 5.91. The summed E-state index contributed by atoms with van der Waals surface area (Å²) < 4.78 is 22.9. The summed E-state index contributed by atoms with van der Waals surface area (Å²) in [5.41, 5.74) is 3.66. The highest BCUT2D eigenvalue weighted by Gasteiger charge is 2.29. The third kappa shape index (κ3) is 3.43. The zero-order valence-corrected chi connectivity index (χ0v) is 13.7.